The predicted molar refractivity (Wildman–Crippen MR) is 89.9 cm³/mol. The zero-order chi connectivity index (χ0) is 12.3. The number of hydrogen-bond acceptors (Lipinski definition) is 3. The molecule has 0 unspecified atom stereocenters. The van der Waals surface area contributed by atoms with Gasteiger partial charge in [-0.25, -0.2) is 0 Å². The van der Waals surface area contributed by atoms with Crippen molar-refractivity contribution in [1.29, 1.82) is 0 Å². The molecular formula is C15H22IN3. The molecule has 1 aromatic carbocycles. The van der Waals surface area contributed by atoms with Gasteiger partial charge in [-0.1, -0.05) is 43.2 Å². The van der Waals surface area contributed by atoms with Crippen LogP contribution in [0.25, 0.3) is 0 Å². The normalized spacial score (nSPS) is 20.3. The minimum Gasteiger partial charge on any atom is -0.356 e. The summed E-state index contributed by atoms with van der Waals surface area (Å²) in [6.45, 7) is 2.93. The summed E-state index contributed by atoms with van der Waals surface area (Å²) in [4.78, 5) is 4.67. The fourth-order valence-electron chi connectivity index (χ4n) is 2.99. The standard InChI is InChI=1S/C15H21N3.HI/c1-2-6-13(7-3-1)10-16-14-17-11-15(12-18-14)8-4-5-9-15;/h1-3,6-7H,4-5,8-12H2,(H2,16,17,18);1H. The number of hydrogen-bond donors (Lipinski definition) is 2. The van der Waals surface area contributed by atoms with Crippen LogP contribution in [0.1, 0.15) is 31.2 Å². The van der Waals surface area contributed by atoms with Gasteiger partial charge in [0.2, 0.25) is 0 Å². The molecule has 3 nitrogen and oxygen atoms in total. The fourth-order valence-corrected chi connectivity index (χ4v) is 2.99. The van der Waals surface area contributed by atoms with E-state index in [1.54, 1.807) is 0 Å². The van der Waals surface area contributed by atoms with Crippen LogP contribution in [-0.2, 0) is 6.54 Å². The van der Waals surface area contributed by atoms with Gasteiger partial charge >= 0.3 is 0 Å². The van der Waals surface area contributed by atoms with E-state index in [-0.39, 0.29) is 24.0 Å². The summed E-state index contributed by atoms with van der Waals surface area (Å²) in [5.74, 6) is 0.969. The van der Waals surface area contributed by atoms with Crippen molar-refractivity contribution in [3.8, 4) is 0 Å². The molecule has 4 heteroatoms. The largest absolute Gasteiger partial charge is 0.356 e. The van der Waals surface area contributed by atoms with Gasteiger partial charge in [-0.05, 0) is 18.4 Å². The lowest BCUT2D eigenvalue weighted by Gasteiger charge is -2.32. The number of aliphatic imine (C=N–C) groups is 1. The van der Waals surface area contributed by atoms with E-state index >= 15 is 0 Å². The van der Waals surface area contributed by atoms with E-state index in [0.29, 0.717) is 5.41 Å². The van der Waals surface area contributed by atoms with Crippen molar-refractivity contribution in [2.45, 2.75) is 32.2 Å². The molecule has 104 valence electrons. The summed E-state index contributed by atoms with van der Waals surface area (Å²) in [5.41, 5.74) is 1.76. The van der Waals surface area contributed by atoms with Gasteiger partial charge in [0.05, 0.1) is 6.54 Å². The lowest BCUT2D eigenvalue weighted by Crippen LogP contribution is -2.48. The van der Waals surface area contributed by atoms with Crippen LogP contribution in [-0.4, -0.2) is 19.0 Å². The van der Waals surface area contributed by atoms with Crippen LogP contribution >= 0.6 is 24.0 Å². The summed E-state index contributed by atoms with van der Waals surface area (Å²) in [6.07, 6.45) is 5.44. The molecule has 0 atom stereocenters. The van der Waals surface area contributed by atoms with E-state index in [0.717, 1.165) is 25.6 Å². The lowest BCUT2D eigenvalue weighted by molar-refractivity contribution is 0.294. The third-order valence-corrected chi connectivity index (χ3v) is 4.17. The SMILES string of the molecule is I.c1ccc(CNC2=NCC3(CCCC3)CN2)cc1. The first-order valence-corrected chi connectivity index (χ1v) is 6.93. The average Bonchev–Trinajstić information content (AvgIpc) is 2.88. The first kappa shape index (κ1) is 14.6. The number of nitrogens with zero attached hydrogens (tertiary/aromatic N) is 1. The molecule has 1 aliphatic carbocycles. The highest BCUT2D eigenvalue weighted by Crippen LogP contribution is 2.38. The number of benzene rings is 1. The van der Waals surface area contributed by atoms with E-state index in [9.17, 15) is 0 Å². The zero-order valence-electron chi connectivity index (χ0n) is 11.2. The van der Waals surface area contributed by atoms with Crippen molar-refractivity contribution in [1.82, 2.24) is 10.6 Å². The van der Waals surface area contributed by atoms with Gasteiger partial charge in [0.25, 0.3) is 0 Å². The van der Waals surface area contributed by atoms with Crippen molar-refractivity contribution in [2.24, 2.45) is 10.4 Å². The van der Waals surface area contributed by atoms with E-state index in [2.05, 4.69) is 39.9 Å². The van der Waals surface area contributed by atoms with Crippen molar-refractivity contribution >= 4 is 29.9 Å². The Hall–Kier alpha value is -0.780. The predicted octanol–water partition coefficient (Wildman–Crippen LogP) is 2.91. The Bertz CT molecular complexity index is 424. The van der Waals surface area contributed by atoms with Crippen molar-refractivity contribution < 1.29 is 0 Å². The van der Waals surface area contributed by atoms with Crippen LogP contribution in [0.5, 0.6) is 0 Å². The van der Waals surface area contributed by atoms with Crippen LogP contribution in [0.2, 0.25) is 0 Å². The monoisotopic (exact) mass is 371 g/mol. The molecule has 1 spiro atoms. The molecule has 0 radical (unpaired) electrons. The maximum atomic E-state index is 4.67. The van der Waals surface area contributed by atoms with Gasteiger partial charge < -0.3 is 10.6 Å². The van der Waals surface area contributed by atoms with Crippen molar-refractivity contribution in [2.75, 3.05) is 13.1 Å². The third kappa shape index (κ3) is 3.61. The van der Waals surface area contributed by atoms with E-state index in [4.69, 9.17) is 0 Å². The van der Waals surface area contributed by atoms with Gasteiger partial charge in [-0.15, -0.1) is 24.0 Å². The lowest BCUT2D eigenvalue weighted by atomic mass is 9.85. The second-order valence-corrected chi connectivity index (χ2v) is 5.56. The van der Waals surface area contributed by atoms with Gasteiger partial charge in [0.1, 0.15) is 0 Å². The van der Waals surface area contributed by atoms with E-state index < -0.39 is 0 Å². The maximum absolute atomic E-state index is 4.67. The van der Waals surface area contributed by atoms with Crippen molar-refractivity contribution in [3.05, 3.63) is 35.9 Å². The van der Waals surface area contributed by atoms with E-state index in [1.165, 1.54) is 31.2 Å². The molecule has 1 aliphatic heterocycles. The minimum absolute atomic E-state index is 0. The Balaban J connectivity index is 0.00000133. The van der Waals surface area contributed by atoms with Crippen LogP contribution in [0.15, 0.2) is 35.3 Å². The van der Waals surface area contributed by atoms with Gasteiger partial charge in [-0.3, -0.25) is 4.99 Å². The summed E-state index contributed by atoms with van der Waals surface area (Å²) >= 11 is 0. The molecule has 0 saturated heterocycles. The summed E-state index contributed by atoms with van der Waals surface area (Å²) in [6, 6.07) is 10.5. The molecule has 2 aliphatic rings. The molecule has 19 heavy (non-hydrogen) atoms. The highest BCUT2D eigenvalue weighted by molar-refractivity contribution is 14.0. The van der Waals surface area contributed by atoms with Crippen molar-refractivity contribution in [3.63, 3.8) is 0 Å². The quantitative estimate of drug-likeness (QED) is 0.785. The van der Waals surface area contributed by atoms with Crippen LogP contribution < -0.4 is 10.6 Å². The van der Waals surface area contributed by atoms with E-state index in [1.807, 2.05) is 6.07 Å². The molecular weight excluding hydrogens is 349 g/mol. The summed E-state index contributed by atoms with van der Waals surface area (Å²) < 4.78 is 0. The van der Waals surface area contributed by atoms with Gasteiger partial charge in [0.15, 0.2) is 5.96 Å². The Kier molecular flexibility index (Phi) is 5.07. The second kappa shape index (κ2) is 6.59. The zero-order valence-corrected chi connectivity index (χ0v) is 13.5. The number of rotatable bonds is 2. The van der Waals surface area contributed by atoms with Crippen LogP contribution in [0, 0.1) is 5.41 Å². The molecule has 3 rings (SSSR count). The topological polar surface area (TPSA) is 36.4 Å². The second-order valence-electron chi connectivity index (χ2n) is 5.56. The molecule has 2 N–H and O–H groups in total. The Morgan fingerprint density at radius 2 is 1.89 bits per heavy atom. The first-order chi connectivity index (χ1) is 8.86. The Morgan fingerprint density at radius 1 is 1.16 bits per heavy atom. The van der Waals surface area contributed by atoms with Gasteiger partial charge in [-0.2, -0.15) is 0 Å². The molecule has 1 aromatic rings. The maximum Gasteiger partial charge on any atom is 0.191 e. The van der Waals surface area contributed by atoms with Gasteiger partial charge in [0, 0.05) is 18.5 Å². The molecule has 0 aromatic heterocycles. The third-order valence-electron chi connectivity index (χ3n) is 4.17. The molecule has 1 saturated carbocycles. The number of guanidine groups is 1. The average molecular weight is 371 g/mol. The number of halogens is 1. The minimum atomic E-state index is 0. The Morgan fingerprint density at radius 3 is 2.53 bits per heavy atom. The van der Waals surface area contributed by atoms with Crippen LogP contribution in [0.4, 0.5) is 0 Å². The summed E-state index contributed by atoms with van der Waals surface area (Å²) in [5, 5.41) is 6.84. The number of nitrogens with one attached hydrogen (secondary N) is 2. The molecule has 0 amide bonds. The summed E-state index contributed by atoms with van der Waals surface area (Å²) in [7, 11) is 0. The molecule has 1 fully saturated rings. The fraction of sp³-hybridized carbons (Fsp3) is 0.533. The smallest absolute Gasteiger partial charge is 0.191 e. The Labute approximate surface area is 132 Å². The first-order valence-electron chi connectivity index (χ1n) is 6.93. The highest BCUT2D eigenvalue weighted by Gasteiger charge is 2.35. The molecule has 1 heterocycles. The van der Waals surface area contributed by atoms with Crippen LogP contribution in [0.3, 0.4) is 0 Å². The highest BCUT2D eigenvalue weighted by atomic mass is 127. The molecule has 0 bridgehead atoms.